The van der Waals surface area contributed by atoms with E-state index in [9.17, 15) is 0 Å². The maximum Gasteiger partial charge on any atom is 0.141 e. The van der Waals surface area contributed by atoms with Gasteiger partial charge in [0.1, 0.15) is 5.82 Å². The maximum atomic E-state index is 5.18. The van der Waals surface area contributed by atoms with E-state index in [1.54, 1.807) is 12.4 Å². The molecule has 0 aromatic carbocycles. The van der Waals surface area contributed by atoms with Crippen molar-refractivity contribution >= 4 is 5.82 Å². The normalized spacial score (nSPS) is 15.7. The highest BCUT2D eigenvalue weighted by Crippen LogP contribution is 2.15. The van der Waals surface area contributed by atoms with Crippen molar-refractivity contribution in [3.05, 3.63) is 18.6 Å². The molecule has 2 N–H and O–H groups in total. The SMILES string of the molecule is C1CCCCC1.Nc1cnccn1. The Labute approximate surface area is 79.4 Å². The van der Waals surface area contributed by atoms with Gasteiger partial charge in [-0.25, -0.2) is 4.98 Å². The van der Waals surface area contributed by atoms with Crippen molar-refractivity contribution in [3.8, 4) is 0 Å². The van der Waals surface area contributed by atoms with Crippen LogP contribution in [-0.2, 0) is 0 Å². The van der Waals surface area contributed by atoms with Crippen LogP contribution in [0.2, 0.25) is 0 Å². The Bertz CT molecular complexity index is 195. The smallest absolute Gasteiger partial charge is 0.141 e. The fourth-order valence-corrected chi connectivity index (χ4v) is 1.37. The van der Waals surface area contributed by atoms with Crippen LogP contribution < -0.4 is 5.73 Å². The Hall–Kier alpha value is -1.12. The second kappa shape index (κ2) is 6.40. The summed E-state index contributed by atoms with van der Waals surface area (Å²) in [5.74, 6) is 0.461. The molecule has 2 rings (SSSR count). The van der Waals surface area contributed by atoms with Crippen LogP contribution >= 0.6 is 0 Å². The zero-order valence-electron chi connectivity index (χ0n) is 7.95. The minimum atomic E-state index is 0.461. The summed E-state index contributed by atoms with van der Waals surface area (Å²) in [6.07, 6.45) is 13.6. The highest BCUT2D eigenvalue weighted by Gasteiger charge is 1.95. The van der Waals surface area contributed by atoms with Crippen LogP contribution in [0, 0.1) is 0 Å². The molecule has 1 heterocycles. The highest BCUT2D eigenvalue weighted by atomic mass is 14.9. The van der Waals surface area contributed by atoms with Gasteiger partial charge in [0, 0.05) is 12.4 Å². The second-order valence-electron chi connectivity index (χ2n) is 3.25. The van der Waals surface area contributed by atoms with Gasteiger partial charge in [0.05, 0.1) is 6.20 Å². The Morgan fingerprint density at radius 2 is 1.46 bits per heavy atom. The predicted molar refractivity (Wildman–Crippen MR) is 54.1 cm³/mol. The summed E-state index contributed by atoms with van der Waals surface area (Å²) in [6, 6.07) is 0. The molecule has 1 fully saturated rings. The average Bonchev–Trinajstić information content (AvgIpc) is 2.22. The lowest BCUT2D eigenvalue weighted by Crippen LogP contribution is -1.87. The van der Waals surface area contributed by atoms with Gasteiger partial charge in [0.25, 0.3) is 0 Å². The van der Waals surface area contributed by atoms with Crippen LogP contribution in [-0.4, -0.2) is 9.97 Å². The molecule has 13 heavy (non-hydrogen) atoms. The van der Waals surface area contributed by atoms with Crippen molar-refractivity contribution in [1.82, 2.24) is 9.97 Å². The first-order chi connectivity index (χ1) is 6.39. The number of hydrogen-bond acceptors (Lipinski definition) is 3. The molecule has 1 aromatic rings. The molecule has 1 aliphatic rings. The highest BCUT2D eigenvalue weighted by molar-refractivity contribution is 5.20. The average molecular weight is 179 g/mol. The van der Waals surface area contributed by atoms with Crippen LogP contribution in [0.25, 0.3) is 0 Å². The largest absolute Gasteiger partial charge is 0.382 e. The third kappa shape index (κ3) is 5.17. The zero-order valence-corrected chi connectivity index (χ0v) is 7.95. The molecule has 0 radical (unpaired) electrons. The molecule has 0 amide bonds. The third-order valence-corrected chi connectivity index (χ3v) is 2.08. The lowest BCUT2D eigenvalue weighted by Gasteiger charge is -2.05. The van der Waals surface area contributed by atoms with Gasteiger partial charge in [-0.15, -0.1) is 0 Å². The molecule has 0 atom stereocenters. The summed E-state index contributed by atoms with van der Waals surface area (Å²) in [7, 11) is 0. The van der Waals surface area contributed by atoms with Crippen molar-refractivity contribution in [1.29, 1.82) is 0 Å². The van der Waals surface area contributed by atoms with Gasteiger partial charge >= 0.3 is 0 Å². The van der Waals surface area contributed by atoms with E-state index in [0.29, 0.717) is 5.82 Å². The number of aromatic nitrogens is 2. The van der Waals surface area contributed by atoms with E-state index < -0.39 is 0 Å². The Morgan fingerprint density at radius 1 is 0.923 bits per heavy atom. The Balaban J connectivity index is 0.000000132. The van der Waals surface area contributed by atoms with Crippen LogP contribution in [0.5, 0.6) is 0 Å². The number of nitrogen functional groups attached to an aromatic ring is 1. The quantitative estimate of drug-likeness (QED) is 0.665. The van der Waals surface area contributed by atoms with Gasteiger partial charge in [-0.3, -0.25) is 4.98 Å². The van der Waals surface area contributed by atoms with Crippen molar-refractivity contribution in [2.75, 3.05) is 5.73 Å². The third-order valence-electron chi connectivity index (χ3n) is 2.08. The molecule has 0 unspecified atom stereocenters. The standard InChI is InChI=1S/C6H12.C4H5N3/c1-2-4-6-5-3-1;5-4-3-6-1-2-7-4/h1-6H2;1-3H,(H2,5,7). The van der Waals surface area contributed by atoms with Crippen LogP contribution in [0.15, 0.2) is 18.6 Å². The van der Waals surface area contributed by atoms with E-state index in [0.717, 1.165) is 0 Å². The molecule has 0 bridgehead atoms. The van der Waals surface area contributed by atoms with Gasteiger partial charge in [0.2, 0.25) is 0 Å². The van der Waals surface area contributed by atoms with Crippen molar-refractivity contribution < 1.29 is 0 Å². The van der Waals surface area contributed by atoms with E-state index in [4.69, 9.17) is 5.73 Å². The fraction of sp³-hybridized carbons (Fsp3) is 0.600. The minimum Gasteiger partial charge on any atom is -0.382 e. The zero-order chi connectivity index (χ0) is 9.36. The van der Waals surface area contributed by atoms with Crippen LogP contribution in [0.3, 0.4) is 0 Å². The Kier molecular flexibility index (Phi) is 4.91. The number of nitrogens with zero attached hydrogens (tertiary/aromatic N) is 2. The summed E-state index contributed by atoms with van der Waals surface area (Å²) in [5.41, 5.74) is 5.18. The van der Waals surface area contributed by atoms with Crippen molar-refractivity contribution in [2.24, 2.45) is 0 Å². The molecule has 1 aliphatic carbocycles. The first-order valence-corrected chi connectivity index (χ1v) is 4.91. The molecule has 0 spiro atoms. The molecule has 72 valence electrons. The van der Waals surface area contributed by atoms with Gasteiger partial charge in [-0.05, 0) is 0 Å². The molecule has 0 saturated heterocycles. The summed E-state index contributed by atoms with van der Waals surface area (Å²) in [5, 5.41) is 0. The fourth-order valence-electron chi connectivity index (χ4n) is 1.37. The first-order valence-electron chi connectivity index (χ1n) is 4.91. The molecule has 1 aromatic heterocycles. The van der Waals surface area contributed by atoms with Gasteiger partial charge in [-0.2, -0.15) is 0 Å². The van der Waals surface area contributed by atoms with Crippen LogP contribution in [0.1, 0.15) is 38.5 Å². The monoisotopic (exact) mass is 179 g/mol. The minimum absolute atomic E-state index is 0.461. The van der Waals surface area contributed by atoms with Gasteiger partial charge in [-0.1, -0.05) is 38.5 Å². The van der Waals surface area contributed by atoms with E-state index in [1.165, 1.54) is 44.7 Å². The maximum absolute atomic E-state index is 5.18. The molecule has 0 aliphatic heterocycles. The summed E-state index contributed by atoms with van der Waals surface area (Å²) < 4.78 is 0. The van der Waals surface area contributed by atoms with Gasteiger partial charge < -0.3 is 5.73 Å². The number of hydrogen-bond donors (Lipinski definition) is 1. The van der Waals surface area contributed by atoms with Crippen molar-refractivity contribution in [3.63, 3.8) is 0 Å². The van der Waals surface area contributed by atoms with Crippen LogP contribution in [0.4, 0.5) is 5.82 Å². The Morgan fingerprint density at radius 3 is 1.69 bits per heavy atom. The van der Waals surface area contributed by atoms with E-state index in [1.807, 2.05) is 0 Å². The van der Waals surface area contributed by atoms with Crippen molar-refractivity contribution in [2.45, 2.75) is 38.5 Å². The topological polar surface area (TPSA) is 51.8 Å². The summed E-state index contributed by atoms with van der Waals surface area (Å²) in [4.78, 5) is 7.39. The summed E-state index contributed by atoms with van der Waals surface area (Å²) in [6.45, 7) is 0. The lowest BCUT2D eigenvalue weighted by molar-refractivity contribution is 0.504. The molecule has 3 heteroatoms. The number of anilines is 1. The van der Waals surface area contributed by atoms with Gasteiger partial charge in [0.15, 0.2) is 0 Å². The molecule has 1 saturated carbocycles. The first kappa shape index (κ1) is 9.96. The van der Waals surface area contributed by atoms with E-state index >= 15 is 0 Å². The second-order valence-corrected chi connectivity index (χ2v) is 3.25. The molecular formula is C10H17N3. The predicted octanol–water partition coefficient (Wildman–Crippen LogP) is 2.40. The molecular weight excluding hydrogens is 162 g/mol. The molecule has 3 nitrogen and oxygen atoms in total. The summed E-state index contributed by atoms with van der Waals surface area (Å²) >= 11 is 0. The number of nitrogens with two attached hydrogens (primary N) is 1. The van der Waals surface area contributed by atoms with E-state index in [-0.39, 0.29) is 0 Å². The number of rotatable bonds is 0. The lowest BCUT2D eigenvalue weighted by atomic mass is 10.0. The van der Waals surface area contributed by atoms with E-state index in [2.05, 4.69) is 9.97 Å².